The molecule has 0 aliphatic carbocycles. The van der Waals surface area contributed by atoms with Crippen LogP contribution in [0, 0.1) is 0 Å². The second-order valence-corrected chi connectivity index (χ2v) is 7.23. The number of nitrogens with zero attached hydrogens (tertiary/aromatic N) is 3. The lowest BCUT2D eigenvalue weighted by molar-refractivity contribution is -0.143. The topological polar surface area (TPSA) is 57.0 Å². The molecule has 0 N–H and O–H groups in total. The molecule has 0 aliphatic rings. The van der Waals surface area contributed by atoms with Crippen molar-refractivity contribution < 1.29 is 35.9 Å². The van der Waals surface area contributed by atoms with E-state index in [9.17, 15) is 31.1 Å². The van der Waals surface area contributed by atoms with Gasteiger partial charge in [-0.25, -0.2) is 14.5 Å². The first-order chi connectivity index (χ1) is 15.0. The summed E-state index contributed by atoms with van der Waals surface area (Å²) in [4.78, 5) is 15.9. The first-order valence-corrected chi connectivity index (χ1v) is 9.99. The zero-order chi connectivity index (χ0) is 23.5. The second-order valence-electron chi connectivity index (χ2n) is 6.40. The number of allylic oxidation sites excluding steroid dienone is 1. The molecule has 1 aromatic carbocycles. The molecule has 2 aromatic heterocycles. The zero-order valence-corrected chi connectivity index (χ0v) is 17.2. The highest BCUT2D eigenvalue weighted by atomic mass is 32.1. The van der Waals surface area contributed by atoms with Gasteiger partial charge in [-0.15, -0.1) is 11.3 Å². The Labute approximate surface area is 182 Å². The molecule has 32 heavy (non-hydrogen) atoms. The third kappa shape index (κ3) is 5.36. The number of alkyl halides is 6. The summed E-state index contributed by atoms with van der Waals surface area (Å²) in [5.74, 6) is -1.15. The highest BCUT2D eigenvalue weighted by Crippen LogP contribution is 2.35. The molecule has 3 rings (SSSR count). The van der Waals surface area contributed by atoms with Crippen molar-refractivity contribution in [1.29, 1.82) is 0 Å². The van der Waals surface area contributed by atoms with Gasteiger partial charge in [-0.2, -0.15) is 31.4 Å². The van der Waals surface area contributed by atoms with Gasteiger partial charge in [0.1, 0.15) is 5.56 Å². The predicted molar refractivity (Wildman–Crippen MR) is 104 cm³/mol. The summed E-state index contributed by atoms with van der Waals surface area (Å²) < 4.78 is 84.2. The van der Waals surface area contributed by atoms with Gasteiger partial charge in [-0.1, -0.05) is 24.3 Å². The number of rotatable bonds is 6. The minimum atomic E-state index is -4.89. The zero-order valence-electron chi connectivity index (χ0n) is 16.4. The maximum absolute atomic E-state index is 13.6. The van der Waals surface area contributed by atoms with Gasteiger partial charge >= 0.3 is 18.3 Å². The maximum atomic E-state index is 13.6. The van der Waals surface area contributed by atoms with E-state index in [1.54, 1.807) is 6.08 Å². The molecule has 0 spiro atoms. The molecule has 3 aromatic rings. The summed E-state index contributed by atoms with van der Waals surface area (Å²) >= 11 is 0.861. The van der Waals surface area contributed by atoms with Crippen LogP contribution in [0.2, 0.25) is 0 Å². The van der Waals surface area contributed by atoms with Crippen LogP contribution < -0.4 is 0 Å². The molecule has 0 atom stereocenters. The van der Waals surface area contributed by atoms with Gasteiger partial charge in [0.15, 0.2) is 5.69 Å². The Morgan fingerprint density at radius 3 is 2.59 bits per heavy atom. The number of carbonyl (C=O) groups is 1. The number of hydrogen-bond donors (Lipinski definition) is 0. The fraction of sp³-hybridized carbons (Fsp3) is 0.250. The van der Waals surface area contributed by atoms with Crippen LogP contribution in [0.3, 0.4) is 0 Å². The fourth-order valence-corrected chi connectivity index (χ4v) is 3.52. The number of benzene rings is 1. The van der Waals surface area contributed by atoms with Gasteiger partial charge in [-0.3, -0.25) is 0 Å². The van der Waals surface area contributed by atoms with E-state index in [4.69, 9.17) is 0 Å². The van der Waals surface area contributed by atoms with E-state index in [2.05, 4.69) is 14.8 Å². The van der Waals surface area contributed by atoms with E-state index < -0.39 is 35.1 Å². The molecular formula is C20H15F6N3O2S. The fourth-order valence-electron chi connectivity index (χ4n) is 2.76. The van der Waals surface area contributed by atoms with Crippen LogP contribution in [0.4, 0.5) is 26.3 Å². The standard InChI is InChI=1S/C20H15F6N3O2S/c1-2-31-17(30)15-10-27-29(16(15)20(24,25)26)18-28-14(11-32-18)8-4-6-12-5-3-7-13(9-12)19(21,22)23/h3-5,7-11H,2,6H2,1H3/b8-4-. The Morgan fingerprint density at radius 1 is 1.19 bits per heavy atom. The monoisotopic (exact) mass is 475 g/mol. The van der Waals surface area contributed by atoms with Crippen LogP contribution >= 0.6 is 11.3 Å². The van der Waals surface area contributed by atoms with Crippen LogP contribution in [0.1, 0.15) is 39.8 Å². The van der Waals surface area contributed by atoms with E-state index in [1.807, 2.05) is 0 Å². The molecule has 0 amide bonds. The lowest BCUT2D eigenvalue weighted by Crippen LogP contribution is -2.18. The molecule has 170 valence electrons. The van der Waals surface area contributed by atoms with Gasteiger partial charge in [0.2, 0.25) is 5.13 Å². The first kappa shape index (κ1) is 23.5. The highest BCUT2D eigenvalue weighted by molar-refractivity contribution is 7.12. The Bertz CT molecular complexity index is 1130. The Morgan fingerprint density at radius 2 is 1.94 bits per heavy atom. The summed E-state index contributed by atoms with van der Waals surface area (Å²) in [5, 5.41) is 4.97. The molecule has 12 heteroatoms. The summed E-state index contributed by atoms with van der Waals surface area (Å²) in [5.41, 5.74) is -2.09. The van der Waals surface area contributed by atoms with E-state index in [0.29, 0.717) is 15.9 Å². The minimum Gasteiger partial charge on any atom is -0.462 e. The lowest BCUT2D eigenvalue weighted by atomic mass is 10.1. The third-order valence-corrected chi connectivity index (χ3v) is 4.95. The Balaban J connectivity index is 1.81. The van der Waals surface area contributed by atoms with Crippen molar-refractivity contribution in [3.63, 3.8) is 0 Å². The number of thiazole rings is 1. The van der Waals surface area contributed by atoms with Gasteiger partial charge < -0.3 is 4.74 Å². The molecule has 0 radical (unpaired) electrons. The molecule has 0 aliphatic heterocycles. The van der Waals surface area contributed by atoms with E-state index in [-0.39, 0.29) is 18.2 Å². The molecule has 5 nitrogen and oxygen atoms in total. The van der Waals surface area contributed by atoms with Crippen molar-refractivity contribution in [1.82, 2.24) is 14.8 Å². The highest BCUT2D eigenvalue weighted by Gasteiger charge is 2.41. The quantitative estimate of drug-likeness (QED) is 0.334. The van der Waals surface area contributed by atoms with Crippen LogP contribution in [0.25, 0.3) is 11.2 Å². The Kier molecular flexibility index (Phi) is 6.72. The van der Waals surface area contributed by atoms with Gasteiger partial charge in [0.25, 0.3) is 0 Å². The number of aromatic nitrogens is 3. The van der Waals surface area contributed by atoms with Crippen molar-refractivity contribution in [3.8, 4) is 5.13 Å². The van der Waals surface area contributed by atoms with Crippen LogP contribution in [0.5, 0.6) is 0 Å². The molecule has 0 saturated carbocycles. The number of carbonyl (C=O) groups excluding carboxylic acids is 1. The molecule has 0 unspecified atom stereocenters. The van der Waals surface area contributed by atoms with Crippen molar-refractivity contribution in [2.24, 2.45) is 0 Å². The number of halogens is 6. The number of ether oxygens (including phenoxy) is 1. The van der Waals surface area contributed by atoms with Crippen molar-refractivity contribution in [2.75, 3.05) is 6.61 Å². The minimum absolute atomic E-state index is 0.0978. The second kappa shape index (κ2) is 9.15. The lowest BCUT2D eigenvalue weighted by Gasteiger charge is -2.10. The third-order valence-electron chi connectivity index (χ3n) is 4.12. The van der Waals surface area contributed by atoms with E-state index in [0.717, 1.165) is 29.7 Å². The average molecular weight is 475 g/mol. The van der Waals surface area contributed by atoms with E-state index in [1.165, 1.54) is 30.5 Å². The average Bonchev–Trinajstić information content (AvgIpc) is 3.34. The van der Waals surface area contributed by atoms with Gasteiger partial charge in [-0.05, 0) is 31.1 Å². The summed E-state index contributed by atoms with van der Waals surface area (Å²) in [7, 11) is 0. The maximum Gasteiger partial charge on any atom is 0.434 e. The number of hydrogen-bond acceptors (Lipinski definition) is 5. The largest absolute Gasteiger partial charge is 0.462 e. The molecular weight excluding hydrogens is 460 g/mol. The van der Waals surface area contributed by atoms with Crippen LogP contribution in [-0.2, 0) is 23.5 Å². The molecule has 0 bridgehead atoms. The molecule has 0 saturated heterocycles. The number of esters is 1. The summed E-state index contributed by atoms with van der Waals surface area (Å²) in [6, 6.07) is 4.81. The van der Waals surface area contributed by atoms with Crippen LogP contribution in [0.15, 0.2) is 41.9 Å². The smallest absolute Gasteiger partial charge is 0.434 e. The SMILES string of the molecule is CCOC(=O)c1cnn(-c2nc(/C=C\Cc3cccc(C(F)(F)F)c3)cs2)c1C(F)(F)F. The summed E-state index contributed by atoms with van der Waals surface area (Å²) in [6.45, 7) is 1.37. The molecule has 0 fully saturated rings. The first-order valence-electron chi connectivity index (χ1n) is 9.11. The Hall–Kier alpha value is -3.15. The van der Waals surface area contributed by atoms with Crippen LogP contribution in [-0.4, -0.2) is 27.3 Å². The van der Waals surface area contributed by atoms with Crippen molar-refractivity contribution >= 4 is 23.4 Å². The van der Waals surface area contributed by atoms with Crippen molar-refractivity contribution in [3.05, 3.63) is 70.0 Å². The predicted octanol–water partition coefficient (Wildman–Crippen LogP) is 5.80. The van der Waals surface area contributed by atoms with Crippen molar-refractivity contribution in [2.45, 2.75) is 25.7 Å². The molecule has 2 heterocycles. The van der Waals surface area contributed by atoms with Gasteiger partial charge in [0, 0.05) is 5.38 Å². The van der Waals surface area contributed by atoms with Gasteiger partial charge in [0.05, 0.1) is 24.1 Å². The summed E-state index contributed by atoms with van der Waals surface area (Å²) in [6.07, 6.45) is -5.38. The van der Waals surface area contributed by atoms with E-state index >= 15 is 0 Å². The normalized spacial score (nSPS) is 12.5.